The molecule has 0 saturated carbocycles. The van der Waals surface area contributed by atoms with Crippen molar-refractivity contribution in [2.24, 2.45) is 0 Å². The van der Waals surface area contributed by atoms with E-state index >= 15 is 0 Å². The SMILES string of the molecule is CC1(c2ccc(F)cc2N2CCOCC2)CCCN1. The van der Waals surface area contributed by atoms with Crippen molar-refractivity contribution in [1.29, 1.82) is 0 Å². The Morgan fingerprint density at radius 2 is 2.11 bits per heavy atom. The number of halogens is 1. The smallest absolute Gasteiger partial charge is 0.125 e. The van der Waals surface area contributed by atoms with Crippen LogP contribution in [0.1, 0.15) is 25.3 Å². The van der Waals surface area contributed by atoms with E-state index in [1.165, 1.54) is 12.0 Å². The van der Waals surface area contributed by atoms with Crippen LogP contribution in [0.5, 0.6) is 0 Å². The molecule has 0 spiro atoms. The molecule has 2 fully saturated rings. The van der Waals surface area contributed by atoms with Crippen LogP contribution in [-0.4, -0.2) is 32.8 Å². The summed E-state index contributed by atoms with van der Waals surface area (Å²) in [5, 5.41) is 3.57. The Morgan fingerprint density at radius 1 is 1.32 bits per heavy atom. The van der Waals surface area contributed by atoms with E-state index in [9.17, 15) is 4.39 Å². The average molecular weight is 264 g/mol. The Bertz CT molecular complexity index is 451. The minimum absolute atomic E-state index is 0.0265. The molecule has 2 saturated heterocycles. The van der Waals surface area contributed by atoms with E-state index in [0.29, 0.717) is 0 Å². The Morgan fingerprint density at radius 3 is 2.79 bits per heavy atom. The summed E-state index contributed by atoms with van der Waals surface area (Å²) in [6.07, 6.45) is 2.28. The highest BCUT2D eigenvalue weighted by molar-refractivity contribution is 5.57. The van der Waals surface area contributed by atoms with Crippen molar-refractivity contribution < 1.29 is 9.13 Å². The van der Waals surface area contributed by atoms with Gasteiger partial charge in [-0.2, -0.15) is 0 Å². The minimum atomic E-state index is -0.160. The van der Waals surface area contributed by atoms with Gasteiger partial charge in [0, 0.05) is 24.3 Å². The first-order valence-corrected chi connectivity index (χ1v) is 7.07. The van der Waals surface area contributed by atoms with Crippen molar-refractivity contribution in [2.75, 3.05) is 37.7 Å². The van der Waals surface area contributed by atoms with Crippen LogP contribution in [0, 0.1) is 5.82 Å². The van der Waals surface area contributed by atoms with E-state index in [0.717, 1.165) is 45.0 Å². The summed E-state index contributed by atoms with van der Waals surface area (Å²) in [5.41, 5.74) is 2.22. The second kappa shape index (κ2) is 5.10. The standard InChI is InChI=1S/C15H21FN2O/c1-15(5-2-6-17-15)13-4-3-12(16)11-14(13)18-7-9-19-10-8-18/h3-4,11,17H,2,5-10H2,1H3. The molecule has 0 amide bonds. The van der Waals surface area contributed by atoms with Gasteiger partial charge in [-0.1, -0.05) is 6.07 Å². The van der Waals surface area contributed by atoms with Crippen molar-refractivity contribution in [3.8, 4) is 0 Å². The van der Waals surface area contributed by atoms with Gasteiger partial charge in [0.2, 0.25) is 0 Å². The molecule has 2 aliphatic rings. The maximum absolute atomic E-state index is 13.6. The Labute approximate surface area is 113 Å². The molecule has 1 aromatic rings. The van der Waals surface area contributed by atoms with Gasteiger partial charge in [-0.25, -0.2) is 4.39 Å². The van der Waals surface area contributed by atoms with Gasteiger partial charge in [0.15, 0.2) is 0 Å². The van der Waals surface area contributed by atoms with Crippen LogP contribution in [0.25, 0.3) is 0 Å². The summed E-state index contributed by atoms with van der Waals surface area (Å²) >= 11 is 0. The van der Waals surface area contributed by atoms with Gasteiger partial charge in [-0.05, 0) is 44.0 Å². The number of rotatable bonds is 2. The molecule has 1 atom stereocenters. The molecule has 19 heavy (non-hydrogen) atoms. The van der Waals surface area contributed by atoms with Gasteiger partial charge in [0.1, 0.15) is 5.82 Å². The number of morpholine rings is 1. The number of nitrogens with one attached hydrogen (secondary N) is 1. The molecular formula is C15H21FN2O. The zero-order valence-corrected chi connectivity index (χ0v) is 11.4. The number of ether oxygens (including phenoxy) is 1. The Balaban J connectivity index is 1.98. The molecule has 1 N–H and O–H groups in total. The lowest BCUT2D eigenvalue weighted by Gasteiger charge is -2.35. The van der Waals surface area contributed by atoms with Gasteiger partial charge >= 0.3 is 0 Å². The summed E-state index contributed by atoms with van der Waals surface area (Å²) < 4.78 is 19.0. The molecule has 3 nitrogen and oxygen atoms in total. The number of benzene rings is 1. The summed E-state index contributed by atoms with van der Waals surface area (Å²) in [6.45, 7) is 6.38. The van der Waals surface area contributed by atoms with E-state index in [4.69, 9.17) is 4.74 Å². The summed E-state index contributed by atoms with van der Waals surface area (Å²) in [7, 11) is 0. The lowest BCUT2D eigenvalue weighted by atomic mass is 9.88. The van der Waals surface area contributed by atoms with Crippen LogP contribution in [0.3, 0.4) is 0 Å². The van der Waals surface area contributed by atoms with Crippen LogP contribution in [0.2, 0.25) is 0 Å². The summed E-state index contributed by atoms with van der Waals surface area (Å²) in [5.74, 6) is -0.160. The third kappa shape index (κ3) is 2.47. The fourth-order valence-corrected chi connectivity index (χ4v) is 3.16. The van der Waals surface area contributed by atoms with Crippen molar-refractivity contribution in [1.82, 2.24) is 5.32 Å². The molecule has 2 aliphatic heterocycles. The molecule has 3 rings (SSSR count). The number of anilines is 1. The van der Waals surface area contributed by atoms with Crippen molar-refractivity contribution >= 4 is 5.69 Å². The maximum atomic E-state index is 13.6. The predicted octanol–water partition coefficient (Wildman–Crippen LogP) is 2.26. The number of hydrogen-bond acceptors (Lipinski definition) is 3. The molecule has 0 radical (unpaired) electrons. The first-order chi connectivity index (χ1) is 9.19. The molecule has 2 heterocycles. The van der Waals surface area contributed by atoms with Crippen LogP contribution in [0.15, 0.2) is 18.2 Å². The Kier molecular flexibility index (Phi) is 3.46. The quantitative estimate of drug-likeness (QED) is 0.887. The van der Waals surface area contributed by atoms with Crippen molar-refractivity contribution in [3.05, 3.63) is 29.6 Å². The van der Waals surface area contributed by atoms with Gasteiger partial charge in [-0.15, -0.1) is 0 Å². The first-order valence-electron chi connectivity index (χ1n) is 7.07. The first kappa shape index (κ1) is 12.9. The zero-order valence-electron chi connectivity index (χ0n) is 11.4. The molecule has 0 bridgehead atoms. The molecule has 0 aliphatic carbocycles. The lowest BCUT2D eigenvalue weighted by Crippen LogP contribution is -2.40. The fraction of sp³-hybridized carbons (Fsp3) is 0.600. The summed E-state index contributed by atoms with van der Waals surface area (Å²) in [6, 6.07) is 5.19. The third-order valence-corrected chi connectivity index (χ3v) is 4.27. The number of nitrogens with zero attached hydrogens (tertiary/aromatic N) is 1. The maximum Gasteiger partial charge on any atom is 0.125 e. The van der Waals surface area contributed by atoms with Gasteiger partial charge < -0.3 is 15.0 Å². The van der Waals surface area contributed by atoms with Gasteiger partial charge in [0.25, 0.3) is 0 Å². The van der Waals surface area contributed by atoms with Crippen LogP contribution in [0.4, 0.5) is 10.1 Å². The highest BCUT2D eigenvalue weighted by atomic mass is 19.1. The van der Waals surface area contributed by atoms with E-state index in [2.05, 4.69) is 17.1 Å². The lowest BCUT2D eigenvalue weighted by molar-refractivity contribution is 0.122. The predicted molar refractivity (Wildman–Crippen MR) is 74.0 cm³/mol. The highest BCUT2D eigenvalue weighted by Gasteiger charge is 2.33. The van der Waals surface area contributed by atoms with Crippen LogP contribution in [-0.2, 0) is 10.3 Å². The van der Waals surface area contributed by atoms with E-state index in [1.54, 1.807) is 12.1 Å². The van der Waals surface area contributed by atoms with Crippen molar-refractivity contribution in [2.45, 2.75) is 25.3 Å². The highest BCUT2D eigenvalue weighted by Crippen LogP contribution is 2.37. The van der Waals surface area contributed by atoms with Gasteiger partial charge in [0.05, 0.1) is 13.2 Å². The average Bonchev–Trinajstić information content (AvgIpc) is 2.87. The summed E-state index contributed by atoms with van der Waals surface area (Å²) in [4.78, 5) is 2.24. The normalized spacial score (nSPS) is 27.8. The molecular weight excluding hydrogens is 243 g/mol. The second-order valence-corrected chi connectivity index (χ2v) is 5.62. The minimum Gasteiger partial charge on any atom is -0.378 e. The third-order valence-electron chi connectivity index (χ3n) is 4.27. The van der Waals surface area contributed by atoms with Crippen LogP contribution < -0.4 is 10.2 Å². The molecule has 1 aromatic carbocycles. The zero-order chi connectivity index (χ0) is 13.3. The largest absolute Gasteiger partial charge is 0.378 e. The van der Waals surface area contributed by atoms with Gasteiger partial charge in [-0.3, -0.25) is 0 Å². The van der Waals surface area contributed by atoms with Crippen molar-refractivity contribution in [3.63, 3.8) is 0 Å². The van der Waals surface area contributed by atoms with Crippen LogP contribution >= 0.6 is 0 Å². The number of hydrogen-bond donors (Lipinski definition) is 1. The molecule has 104 valence electrons. The second-order valence-electron chi connectivity index (χ2n) is 5.62. The molecule has 4 heteroatoms. The molecule has 0 aromatic heterocycles. The monoisotopic (exact) mass is 264 g/mol. The van der Waals surface area contributed by atoms with E-state index in [1.807, 2.05) is 6.07 Å². The van der Waals surface area contributed by atoms with E-state index < -0.39 is 0 Å². The van der Waals surface area contributed by atoms with E-state index in [-0.39, 0.29) is 11.4 Å². The Hall–Kier alpha value is -1.13. The fourth-order valence-electron chi connectivity index (χ4n) is 3.16. The molecule has 1 unspecified atom stereocenters. The topological polar surface area (TPSA) is 24.5 Å².